The zero-order chi connectivity index (χ0) is 14.2. The Labute approximate surface area is 97.4 Å². The van der Waals surface area contributed by atoms with Crippen LogP contribution < -0.4 is 4.52 Å². The van der Waals surface area contributed by atoms with Crippen molar-refractivity contribution in [3.05, 3.63) is 0 Å². The molecule has 1 aromatic heterocycles. The van der Waals surface area contributed by atoms with Gasteiger partial charge in [-0.05, 0) is 0 Å². The summed E-state index contributed by atoms with van der Waals surface area (Å²) in [6.45, 7) is 0. The van der Waals surface area contributed by atoms with Gasteiger partial charge >= 0.3 is 18.6 Å². The number of aromatic nitrogens is 3. The first-order valence-electron chi connectivity index (χ1n) is 3.67. The van der Waals surface area contributed by atoms with Crippen LogP contribution in [0, 0.1) is 0 Å². The second-order valence-electron chi connectivity index (χ2n) is 2.55. The van der Waals surface area contributed by atoms with Crippen LogP contribution in [0.5, 0.6) is 0 Å². The number of halogens is 8. The van der Waals surface area contributed by atoms with E-state index < -0.39 is 47.8 Å². The summed E-state index contributed by atoms with van der Waals surface area (Å²) in [7, 11) is -5.08. The summed E-state index contributed by atoms with van der Waals surface area (Å²) in [6.07, 6.45) is -11.4. The van der Waals surface area contributed by atoms with Crippen molar-refractivity contribution < 1.29 is 39.6 Å². The largest absolute Gasteiger partial charge is 0.532 e. The lowest BCUT2D eigenvalue weighted by Crippen LogP contribution is -2.38. The van der Waals surface area contributed by atoms with Crippen LogP contribution in [-0.4, -0.2) is 25.6 Å². The second kappa shape index (κ2) is 5.00. The molecular formula is C3H2F8N3OP3. The summed E-state index contributed by atoms with van der Waals surface area (Å²) in [5.74, 6) is 0. The standard InChI is InChI=1S/C3H2F8N3OP3/c4-1(5,6)2(7,8)14-17-12-16-13-18(14)15-3(9,10)11/h13,16H. The molecule has 0 saturated carbocycles. The molecule has 2 unspecified atom stereocenters. The van der Waals surface area contributed by atoms with Crippen LogP contribution >= 0.6 is 25.1 Å². The van der Waals surface area contributed by atoms with Gasteiger partial charge in [-0.25, -0.2) is 4.52 Å². The van der Waals surface area contributed by atoms with Gasteiger partial charge in [0.2, 0.25) is 0 Å². The van der Waals surface area contributed by atoms with Gasteiger partial charge in [0, 0.05) is 8.51 Å². The SMILES string of the molecule is FC(F)(F)Op1[nH][pH]npn1C(F)(F)C(F)(F)F. The molecule has 0 radical (unpaired) electrons. The van der Waals surface area contributed by atoms with Crippen LogP contribution in [0.3, 0.4) is 0 Å². The Kier molecular flexibility index (Phi) is 4.37. The quantitative estimate of drug-likeness (QED) is 0.827. The molecule has 0 spiro atoms. The summed E-state index contributed by atoms with van der Waals surface area (Å²) in [5, 5.41) is 0. The van der Waals surface area contributed by atoms with E-state index in [1.807, 2.05) is 0 Å². The number of rotatable bonds is 2. The Bertz CT molecular complexity index is 434. The fourth-order valence-corrected chi connectivity index (χ4v) is 4.66. The molecule has 1 aromatic rings. The van der Waals surface area contributed by atoms with Crippen LogP contribution in [-0.2, 0) is 6.05 Å². The second-order valence-corrected chi connectivity index (χ2v) is 6.49. The third-order valence-corrected chi connectivity index (χ3v) is 5.33. The van der Waals surface area contributed by atoms with Crippen molar-refractivity contribution >= 4 is 25.1 Å². The van der Waals surface area contributed by atoms with E-state index in [0.29, 0.717) is 0 Å². The van der Waals surface area contributed by atoms with Crippen molar-refractivity contribution in [1.29, 1.82) is 0 Å². The molecule has 1 rings (SSSR count). The van der Waals surface area contributed by atoms with E-state index in [2.05, 4.69) is 9.03 Å². The van der Waals surface area contributed by atoms with E-state index in [-0.39, 0.29) is 0 Å². The van der Waals surface area contributed by atoms with Crippen molar-refractivity contribution in [2.45, 2.75) is 18.6 Å². The van der Waals surface area contributed by atoms with E-state index in [9.17, 15) is 35.1 Å². The summed E-state index contributed by atoms with van der Waals surface area (Å²) >= 11 is 0. The first-order chi connectivity index (χ1) is 7.95. The van der Waals surface area contributed by atoms with Crippen molar-refractivity contribution in [2.24, 2.45) is 0 Å². The first kappa shape index (κ1) is 15.8. The molecule has 0 amide bonds. The summed E-state index contributed by atoms with van der Waals surface area (Å²) in [4.78, 5) is 0. The zero-order valence-corrected chi connectivity index (χ0v) is 10.5. The highest BCUT2D eigenvalue weighted by Crippen LogP contribution is 2.47. The number of aromatic amines is 1. The van der Waals surface area contributed by atoms with Crippen molar-refractivity contribution in [3.8, 4) is 0 Å². The predicted octanol–water partition coefficient (Wildman–Crippen LogP) is 3.99. The minimum Gasteiger partial charge on any atom is -0.288 e. The molecule has 0 aliphatic carbocycles. The lowest BCUT2D eigenvalue weighted by molar-refractivity contribution is -0.318. The first-order valence-corrected chi connectivity index (χ1v) is 6.63. The summed E-state index contributed by atoms with van der Waals surface area (Å²) < 4.78 is 105. The van der Waals surface area contributed by atoms with Gasteiger partial charge in [0.1, 0.15) is 8.51 Å². The van der Waals surface area contributed by atoms with Crippen LogP contribution in [0.25, 0.3) is 0 Å². The minimum absolute atomic E-state index is 0.760. The van der Waals surface area contributed by atoms with Crippen molar-refractivity contribution in [1.82, 2.24) is 13.1 Å². The molecule has 0 aromatic carbocycles. The molecule has 4 nitrogen and oxygen atoms in total. The molecule has 18 heavy (non-hydrogen) atoms. The third-order valence-electron chi connectivity index (χ3n) is 1.28. The van der Waals surface area contributed by atoms with Gasteiger partial charge in [0.25, 0.3) is 0 Å². The van der Waals surface area contributed by atoms with Gasteiger partial charge in [0.15, 0.2) is 8.08 Å². The van der Waals surface area contributed by atoms with Gasteiger partial charge in [-0.3, -0.25) is 4.51 Å². The maximum absolute atomic E-state index is 12.9. The molecule has 0 saturated heterocycles. The average molecular weight is 341 g/mol. The Morgan fingerprint density at radius 2 is 1.67 bits per heavy atom. The van der Waals surface area contributed by atoms with E-state index in [4.69, 9.17) is 0 Å². The number of nitrogens with one attached hydrogen (secondary N) is 1. The minimum atomic E-state index is -6.03. The number of alkyl halides is 8. The molecule has 0 aliphatic rings. The Balaban J connectivity index is 3.26. The Hall–Kier alpha value is -0.300. The zero-order valence-electron chi connectivity index (χ0n) is 7.72. The highest BCUT2D eigenvalue weighted by molar-refractivity contribution is 7.51. The van der Waals surface area contributed by atoms with Crippen LogP contribution in [0.2, 0.25) is 0 Å². The van der Waals surface area contributed by atoms with E-state index in [0.717, 1.165) is 0 Å². The third kappa shape index (κ3) is 3.60. The van der Waals surface area contributed by atoms with Gasteiger partial charge in [-0.2, -0.15) is 30.6 Å². The lowest BCUT2D eigenvalue weighted by atomic mass is 10.6. The number of H-pyrrole nitrogens is 1. The highest BCUT2D eigenvalue weighted by Gasteiger charge is 2.61. The lowest BCUT2D eigenvalue weighted by Gasteiger charge is -2.23. The number of hydrogen-bond acceptors (Lipinski definition) is 2. The van der Waals surface area contributed by atoms with Crippen LogP contribution in [0.1, 0.15) is 0 Å². The molecule has 15 heteroatoms. The molecule has 1 N–H and O–H groups in total. The Morgan fingerprint density at radius 3 is 2.11 bits per heavy atom. The predicted molar refractivity (Wildman–Crippen MR) is 47.8 cm³/mol. The van der Waals surface area contributed by atoms with Crippen molar-refractivity contribution in [2.75, 3.05) is 0 Å². The molecule has 0 aliphatic heterocycles. The maximum Gasteiger partial charge on any atom is 0.532 e. The summed E-state index contributed by atoms with van der Waals surface area (Å²) in [5.41, 5.74) is 0. The van der Waals surface area contributed by atoms with Gasteiger partial charge in [-0.1, -0.05) is 0 Å². The monoisotopic (exact) mass is 341 g/mol. The van der Waals surface area contributed by atoms with Crippen molar-refractivity contribution in [3.63, 3.8) is 0 Å². The smallest absolute Gasteiger partial charge is 0.288 e. The van der Waals surface area contributed by atoms with Crippen LogP contribution in [0.15, 0.2) is 0 Å². The van der Waals surface area contributed by atoms with E-state index in [1.54, 1.807) is 4.51 Å². The van der Waals surface area contributed by atoms with E-state index >= 15 is 0 Å². The highest BCUT2D eigenvalue weighted by atomic mass is 31.2. The van der Waals surface area contributed by atoms with Gasteiger partial charge < -0.3 is 0 Å². The topological polar surface area (TPSA) is 42.8 Å². The average Bonchev–Trinajstić information content (AvgIpc) is 2.13. The van der Waals surface area contributed by atoms with Gasteiger partial charge in [0.05, 0.1) is 0 Å². The normalized spacial score (nSPS) is 15.7. The molecule has 0 fully saturated rings. The molecule has 2 atom stereocenters. The molecule has 106 valence electrons. The molecule has 1 heterocycles. The number of hydrogen-bond donors (Lipinski definition) is 1. The van der Waals surface area contributed by atoms with E-state index in [1.165, 1.54) is 0 Å². The fourth-order valence-electron chi connectivity index (χ4n) is 0.657. The fraction of sp³-hybridized carbons (Fsp3) is 1.00. The van der Waals surface area contributed by atoms with Crippen LogP contribution in [0.4, 0.5) is 35.1 Å². The molecular weight excluding hydrogens is 339 g/mol. The van der Waals surface area contributed by atoms with Gasteiger partial charge in [-0.15, -0.1) is 13.2 Å². The summed E-state index contributed by atoms with van der Waals surface area (Å²) in [6, 6.07) is -5.48. The molecule has 0 bridgehead atoms. The number of nitrogens with zero attached hydrogens (tertiary/aromatic N) is 2. The maximum atomic E-state index is 12.9. The Morgan fingerprint density at radius 1 is 1.11 bits per heavy atom.